The van der Waals surface area contributed by atoms with Gasteiger partial charge < -0.3 is 19.5 Å². The van der Waals surface area contributed by atoms with Crippen molar-refractivity contribution < 1.29 is 19.0 Å². The van der Waals surface area contributed by atoms with E-state index in [0.717, 1.165) is 30.1 Å². The van der Waals surface area contributed by atoms with Gasteiger partial charge >= 0.3 is 0 Å². The van der Waals surface area contributed by atoms with Gasteiger partial charge in [-0.15, -0.1) is 0 Å². The standard InChI is InChI=1S/C17H25NO4/c1-13(2)11-20-9-3-8-18-17(19)7-5-14-4-6-15-16(10-14)22-12-21-15/h4,6,10,13H,3,5,7-9,11-12H2,1-2H3,(H,18,19). The summed E-state index contributed by atoms with van der Waals surface area (Å²) >= 11 is 0. The predicted molar refractivity (Wildman–Crippen MR) is 84.2 cm³/mol. The molecule has 0 bridgehead atoms. The Morgan fingerprint density at radius 3 is 2.95 bits per heavy atom. The highest BCUT2D eigenvalue weighted by molar-refractivity contribution is 5.76. The maximum Gasteiger partial charge on any atom is 0.231 e. The van der Waals surface area contributed by atoms with Gasteiger partial charge in [0.05, 0.1) is 0 Å². The lowest BCUT2D eigenvalue weighted by Gasteiger charge is -2.08. The number of aryl methyl sites for hydroxylation is 1. The molecule has 1 aliphatic heterocycles. The van der Waals surface area contributed by atoms with Crippen LogP contribution in [0.4, 0.5) is 0 Å². The molecule has 0 aromatic heterocycles. The van der Waals surface area contributed by atoms with Crippen molar-refractivity contribution in [1.82, 2.24) is 5.32 Å². The summed E-state index contributed by atoms with van der Waals surface area (Å²) in [6, 6.07) is 5.80. The van der Waals surface area contributed by atoms with E-state index in [1.165, 1.54) is 0 Å². The minimum absolute atomic E-state index is 0.0709. The van der Waals surface area contributed by atoms with Crippen LogP contribution in [-0.2, 0) is 16.0 Å². The highest BCUT2D eigenvalue weighted by atomic mass is 16.7. The highest BCUT2D eigenvalue weighted by Crippen LogP contribution is 2.32. The first-order chi connectivity index (χ1) is 10.6. The molecule has 1 N–H and O–H groups in total. The summed E-state index contributed by atoms with van der Waals surface area (Å²) in [7, 11) is 0. The van der Waals surface area contributed by atoms with Gasteiger partial charge in [0.2, 0.25) is 12.7 Å². The average molecular weight is 307 g/mol. The predicted octanol–water partition coefficient (Wildman–Crippen LogP) is 2.53. The maximum absolute atomic E-state index is 11.8. The molecule has 1 amide bonds. The van der Waals surface area contributed by atoms with Crippen molar-refractivity contribution >= 4 is 5.91 Å². The fraction of sp³-hybridized carbons (Fsp3) is 0.588. The minimum atomic E-state index is 0.0709. The van der Waals surface area contributed by atoms with E-state index in [1.807, 2.05) is 18.2 Å². The zero-order valence-corrected chi connectivity index (χ0v) is 13.4. The normalized spacial score (nSPS) is 12.7. The Bertz CT molecular complexity index is 488. The second-order valence-corrected chi connectivity index (χ2v) is 5.86. The summed E-state index contributed by atoms with van der Waals surface area (Å²) < 4.78 is 16.1. The van der Waals surface area contributed by atoms with Crippen molar-refractivity contribution in [3.05, 3.63) is 23.8 Å². The summed E-state index contributed by atoms with van der Waals surface area (Å²) in [5, 5.41) is 2.92. The van der Waals surface area contributed by atoms with Crippen molar-refractivity contribution in [1.29, 1.82) is 0 Å². The Morgan fingerprint density at radius 2 is 2.14 bits per heavy atom. The first-order valence-electron chi connectivity index (χ1n) is 7.88. The lowest BCUT2D eigenvalue weighted by atomic mass is 10.1. The zero-order valence-electron chi connectivity index (χ0n) is 13.4. The molecular weight excluding hydrogens is 282 g/mol. The lowest BCUT2D eigenvalue weighted by Crippen LogP contribution is -2.25. The van der Waals surface area contributed by atoms with Gasteiger partial charge in [0, 0.05) is 26.2 Å². The van der Waals surface area contributed by atoms with E-state index >= 15 is 0 Å². The number of nitrogens with one attached hydrogen (secondary N) is 1. The van der Waals surface area contributed by atoms with Gasteiger partial charge in [-0.1, -0.05) is 19.9 Å². The molecule has 0 saturated carbocycles. The molecule has 22 heavy (non-hydrogen) atoms. The van der Waals surface area contributed by atoms with Gasteiger partial charge in [0.1, 0.15) is 0 Å². The maximum atomic E-state index is 11.8. The van der Waals surface area contributed by atoms with Crippen LogP contribution in [0.3, 0.4) is 0 Å². The third-order valence-corrected chi connectivity index (χ3v) is 3.32. The average Bonchev–Trinajstić information content (AvgIpc) is 2.96. The second-order valence-electron chi connectivity index (χ2n) is 5.86. The summed E-state index contributed by atoms with van der Waals surface area (Å²) in [4.78, 5) is 11.8. The van der Waals surface area contributed by atoms with Gasteiger partial charge in [-0.05, 0) is 36.5 Å². The van der Waals surface area contributed by atoms with Gasteiger partial charge in [0.25, 0.3) is 0 Å². The van der Waals surface area contributed by atoms with Gasteiger partial charge in [-0.3, -0.25) is 4.79 Å². The van der Waals surface area contributed by atoms with Crippen LogP contribution in [0, 0.1) is 5.92 Å². The number of hydrogen-bond donors (Lipinski definition) is 1. The van der Waals surface area contributed by atoms with Crippen LogP contribution in [0.15, 0.2) is 18.2 Å². The minimum Gasteiger partial charge on any atom is -0.454 e. The van der Waals surface area contributed by atoms with Crippen LogP contribution in [-0.4, -0.2) is 32.5 Å². The SMILES string of the molecule is CC(C)COCCCNC(=O)CCc1ccc2c(c1)OCO2. The van der Waals surface area contributed by atoms with Crippen LogP contribution < -0.4 is 14.8 Å². The van der Waals surface area contributed by atoms with E-state index in [2.05, 4.69) is 19.2 Å². The van der Waals surface area contributed by atoms with Crippen LogP contribution in [0.25, 0.3) is 0 Å². The molecule has 0 unspecified atom stereocenters. The van der Waals surface area contributed by atoms with Crippen LogP contribution in [0.2, 0.25) is 0 Å². The van der Waals surface area contributed by atoms with Crippen molar-refractivity contribution in [2.75, 3.05) is 26.6 Å². The van der Waals surface area contributed by atoms with Crippen molar-refractivity contribution in [3.8, 4) is 11.5 Å². The quantitative estimate of drug-likeness (QED) is 0.712. The Labute approximate surface area is 131 Å². The molecule has 0 aliphatic carbocycles. The molecule has 1 aromatic carbocycles. The molecule has 122 valence electrons. The molecule has 1 aromatic rings. The number of amides is 1. The Balaban J connectivity index is 1.58. The molecule has 5 nitrogen and oxygen atoms in total. The zero-order chi connectivity index (χ0) is 15.8. The number of carbonyl (C=O) groups excluding carboxylic acids is 1. The summed E-state index contributed by atoms with van der Waals surface area (Å²) in [5.41, 5.74) is 1.08. The Morgan fingerprint density at radius 1 is 1.32 bits per heavy atom. The fourth-order valence-electron chi connectivity index (χ4n) is 2.16. The molecule has 0 spiro atoms. The van der Waals surface area contributed by atoms with E-state index in [0.29, 0.717) is 31.9 Å². The number of carbonyl (C=O) groups is 1. The second kappa shape index (κ2) is 8.63. The first-order valence-corrected chi connectivity index (χ1v) is 7.88. The third kappa shape index (κ3) is 5.56. The Hall–Kier alpha value is -1.75. The topological polar surface area (TPSA) is 56.8 Å². The third-order valence-electron chi connectivity index (χ3n) is 3.32. The molecule has 0 saturated heterocycles. The van der Waals surface area contributed by atoms with Gasteiger partial charge in [0.15, 0.2) is 11.5 Å². The molecule has 0 radical (unpaired) electrons. The number of benzene rings is 1. The lowest BCUT2D eigenvalue weighted by molar-refractivity contribution is -0.121. The largest absolute Gasteiger partial charge is 0.454 e. The van der Waals surface area contributed by atoms with Crippen LogP contribution >= 0.6 is 0 Å². The number of fused-ring (bicyclic) bond motifs is 1. The number of hydrogen-bond acceptors (Lipinski definition) is 4. The molecule has 1 heterocycles. The van der Waals surface area contributed by atoms with Gasteiger partial charge in [-0.2, -0.15) is 0 Å². The van der Waals surface area contributed by atoms with E-state index in [4.69, 9.17) is 14.2 Å². The van der Waals surface area contributed by atoms with E-state index in [-0.39, 0.29) is 12.7 Å². The molecule has 1 aliphatic rings. The van der Waals surface area contributed by atoms with Crippen LogP contribution in [0.5, 0.6) is 11.5 Å². The number of ether oxygens (including phenoxy) is 3. The highest BCUT2D eigenvalue weighted by Gasteiger charge is 2.13. The monoisotopic (exact) mass is 307 g/mol. The smallest absolute Gasteiger partial charge is 0.231 e. The van der Waals surface area contributed by atoms with Crippen molar-refractivity contribution in [2.24, 2.45) is 5.92 Å². The molecule has 0 fully saturated rings. The summed E-state index contributed by atoms with van der Waals surface area (Å²) in [6.45, 7) is 6.66. The summed E-state index contributed by atoms with van der Waals surface area (Å²) in [5.74, 6) is 2.16. The first kappa shape index (κ1) is 16.6. The Kier molecular flexibility index (Phi) is 6.52. The van der Waals surface area contributed by atoms with Gasteiger partial charge in [-0.25, -0.2) is 0 Å². The van der Waals surface area contributed by atoms with E-state index < -0.39 is 0 Å². The summed E-state index contributed by atoms with van der Waals surface area (Å²) in [6.07, 6.45) is 2.03. The molecule has 2 rings (SSSR count). The molecular formula is C17H25NO4. The van der Waals surface area contributed by atoms with E-state index in [1.54, 1.807) is 0 Å². The number of rotatable bonds is 9. The molecule has 5 heteroatoms. The van der Waals surface area contributed by atoms with E-state index in [9.17, 15) is 4.79 Å². The van der Waals surface area contributed by atoms with Crippen molar-refractivity contribution in [3.63, 3.8) is 0 Å². The van der Waals surface area contributed by atoms with Crippen molar-refractivity contribution in [2.45, 2.75) is 33.1 Å². The van der Waals surface area contributed by atoms with Crippen LogP contribution in [0.1, 0.15) is 32.3 Å². The molecule has 0 atom stereocenters. The fourth-order valence-corrected chi connectivity index (χ4v) is 2.16.